The highest BCUT2D eigenvalue weighted by Crippen LogP contribution is 2.25. The molecule has 0 aliphatic heterocycles. The molecule has 4 rings (SSSR count). The summed E-state index contributed by atoms with van der Waals surface area (Å²) in [5, 5.41) is 8.10. The zero-order valence-corrected chi connectivity index (χ0v) is 15.2. The van der Waals surface area contributed by atoms with E-state index >= 15 is 0 Å². The maximum absolute atomic E-state index is 12.4. The lowest BCUT2D eigenvalue weighted by atomic mass is 10.1. The molecule has 0 atom stereocenters. The van der Waals surface area contributed by atoms with Gasteiger partial charge in [0, 0.05) is 28.1 Å². The number of amides is 1. The lowest BCUT2D eigenvalue weighted by molar-refractivity contribution is 0.102. The van der Waals surface area contributed by atoms with E-state index in [9.17, 15) is 4.79 Å². The Hall–Kier alpha value is -2.35. The molecule has 0 spiro atoms. The van der Waals surface area contributed by atoms with Crippen molar-refractivity contribution in [3.8, 4) is 0 Å². The third kappa shape index (κ3) is 3.53. The number of carbonyl (C=O) groups is 1. The second-order valence-electron chi connectivity index (χ2n) is 5.31. The van der Waals surface area contributed by atoms with Gasteiger partial charge < -0.3 is 0 Å². The van der Waals surface area contributed by atoms with Crippen molar-refractivity contribution in [3.05, 3.63) is 69.7 Å². The van der Waals surface area contributed by atoms with Crippen LogP contribution >= 0.6 is 34.5 Å². The molecule has 5 nitrogen and oxygen atoms in total. The SMILES string of the molecule is O=C(Nc1ncc(Cc2ccccc2Cl)s1)c1ccc2nnsc2c1. The van der Waals surface area contributed by atoms with Crippen LogP contribution in [-0.2, 0) is 6.42 Å². The first kappa shape index (κ1) is 16.1. The molecule has 2 aromatic carbocycles. The fourth-order valence-corrected chi connectivity index (χ4v) is 4.00. The van der Waals surface area contributed by atoms with Gasteiger partial charge in [-0.15, -0.1) is 16.4 Å². The van der Waals surface area contributed by atoms with Gasteiger partial charge >= 0.3 is 0 Å². The molecule has 0 saturated heterocycles. The molecule has 8 heteroatoms. The number of aromatic nitrogens is 3. The third-order valence-corrected chi connectivity index (χ3v) is 5.57. The first-order valence-electron chi connectivity index (χ1n) is 7.40. The second kappa shape index (κ2) is 6.87. The van der Waals surface area contributed by atoms with Crippen LogP contribution < -0.4 is 5.32 Å². The van der Waals surface area contributed by atoms with E-state index in [4.69, 9.17) is 11.6 Å². The number of benzene rings is 2. The molecule has 2 heterocycles. The monoisotopic (exact) mass is 386 g/mol. The van der Waals surface area contributed by atoms with E-state index in [2.05, 4.69) is 19.9 Å². The molecule has 4 aromatic rings. The van der Waals surface area contributed by atoms with Gasteiger partial charge in [0.25, 0.3) is 5.91 Å². The quantitative estimate of drug-likeness (QED) is 0.554. The van der Waals surface area contributed by atoms with Crippen molar-refractivity contribution in [1.82, 2.24) is 14.6 Å². The average Bonchev–Trinajstić information content (AvgIpc) is 3.25. The van der Waals surface area contributed by atoms with Crippen LogP contribution in [0.4, 0.5) is 5.13 Å². The molecule has 0 unspecified atom stereocenters. The van der Waals surface area contributed by atoms with Gasteiger partial charge in [-0.05, 0) is 41.4 Å². The Kier molecular flexibility index (Phi) is 4.44. The second-order valence-corrected chi connectivity index (χ2v) is 7.62. The Balaban J connectivity index is 1.48. The molecular weight excluding hydrogens is 376 g/mol. The van der Waals surface area contributed by atoms with Crippen LogP contribution in [0.3, 0.4) is 0 Å². The van der Waals surface area contributed by atoms with E-state index in [1.807, 2.05) is 24.3 Å². The van der Waals surface area contributed by atoms with Crippen molar-refractivity contribution in [3.63, 3.8) is 0 Å². The van der Waals surface area contributed by atoms with Crippen LogP contribution in [0.25, 0.3) is 10.2 Å². The van der Waals surface area contributed by atoms with Crippen LogP contribution in [0.15, 0.2) is 48.7 Å². The van der Waals surface area contributed by atoms with Crippen molar-refractivity contribution in [1.29, 1.82) is 0 Å². The number of rotatable bonds is 4. The molecule has 0 saturated carbocycles. The lowest BCUT2D eigenvalue weighted by Gasteiger charge is -2.02. The van der Waals surface area contributed by atoms with Crippen LogP contribution in [-0.4, -0.2) is 20.5 Å². The van der Waals surface area contributed by atoms with Gasteiger partial charge in [-0.3, -0.25) is 10.1 Å². The zero-order chi connectivity index (χ0) is 17.2. The van der Waals surface area contributed by atoms with E-state index in [1.165, 1.54) is 22.9 Å². The summed E-state index contributed by atoms with van der Waals surface area (Å²) in [5.74, 6) is -0.200. The highest BCUT2D eigenvalue weighted by molar-refractivity contribution is 7.15. The fraction of sp³-hybridized carbons (Fsp3) is 0.0588. The van der Waals surface area contributed by atoms with Gasteiger partial charge in [0.05, 0.1) is 4.70 Å². The minimum absolute atomic E-state index is 0.200. The van der Waals surface area contributed by atoms with Gasteiger partial charge in [0.15, 0.2) is 5.13 Å². The van der Waals surface area contributed by atoms with E-state index in [0.717, 1.165) is 25.7 Å². The Bertz CT molecular complexity index is 1060. The number of hydrogen-bond acceptors (Lipinski definition) is 6. The summed E-state index contributed by atoms with van der Waals surface area (Å²) in [6, 6.07) is 13.0. The first-order chi connectivity index (χ1) is 12.2. The Morgan fingerprint density at radius 1 is 1.20 bits per heavy atom. The summed E-state index contributed by atoms with van der Waals surface area (Å²) >= 11 is 8.90. The number of nitrogens with zero attached hydrogens (tertiary/aromatic N) is 3. The first-order valence-corrected chi connectivity index (χ1v) is 9.37. The van der Waals surface area contributed by atoms with Gasteiger partial charge in [-0.25, -0.2) is 4.98 Å². The minimum Gasteiger partial charge on any atom is -0.298 e. The molecule has 0 fully saturated rings. The molecule has 0 aliphatic rings. The number of fused-ring (bicyclic) bond motifs is 1. The number of carbonyl (C=O) groups excluding carboxylic acids is 1. The van der Waals surface area contributed by atoms with Crippen molar-refractivity contribution >= 4 is 55.7 Å². The van der Waals surface area contributed by atoms with Crippen molar-refractivity contribution in [2.24, 2.45) is 0 Å². The van der Waals surface area contributed by atoms with Crippen LogP contribution in [0, 0.1) is 0 Å². The Morgan fingerprint density at radius 3 is 2.96 bits per heavy atom. The maximum Gasteiger partial charge on any atom is 0.257 e. The highest BCUT2D eigenvalue weighted by atomic mass is 35.5. The van der Waals surface area contributed by atoms with Crippen molar-refractivity contribution in [2.45, 2.75) is 6.42 Å². The molecule has 0 radical (unpaired) electrons. The fourth-order valence-electron chi connectivity index (χ4n) is 2.37. The lowest BCUT2D eigenvalue weighted by Crippen LogP contribution is -2.11. The van der Waals surface area contributed by atoms with Gasteiger partial charge in [-0.2, -0.15) is 0 Å². The number of anilines is 1. The zero-order valence-electron chi connectivity index (χ0n) is 12.8. The third-order valence-electron chi connectivity index (χ3n) is 3.61. The van der Waals surface area contributed by atoms with E-state index in [-0.39, 0.29) is 5.91 Å². The predicted molar refractivity (Wildman–Crippen MR) is 102 cm³/mol. The number of halogens is 1. The summed E-state index contributed by atoms with van der Waals surface area (Å²) in [5.41, 5.74) is 2.38. The molecular formula is C17H11ClN4OS2. The molecule has 1 N–H and O–H groups in total. The van der Waals surface area contributed by atoms with Crippen LogP contribution in [0.5, 0.6) is 0 Å². The molecule has 2 aromatic heterocycles. The summed E-state index contributed by atoms with van der Waals surface area (Å²) < 4.78 is 4.76. The topological polar surface area (TPSA) is 67.8 Å². The largest absolute Gasteiger partial charge is 0.298 e. The Labute approximate surface area is 156 Å². The van der Waals surface area contributed by atoms with Crippen LogP contribution in [0.2, 0.25) is 5.02 Å². The molecule has 1 amide bonds. The summed E-state index contributed by atoms with van der Waals surface area (Å²) in [6.07, 6.45) is 2.45. The standard InChI is InChI=1S/C17H11ClN4OS2/c18-13-4-2-1-3-10(13)7-12-9-19-17(24-12)20-16(23)11-5-6-14-15(8-11)25-22-21-14/h1-6,8-9H,7H2,(H,19,20,23). The minimum atomic E-state index is -0.200. The van der Waals surface area contributed by atoms with Crippen molar-refractivity contribution in [2.75, 3.05) is 5.32 Å². The molecule has 0 aliphatic carbocycles. The van der Waals surface area contributed by atoms with Gasteiger partial charge in [0.2, 0.25) is 0 Å². The summed E-state index contributed by atoms with van der Waals surface area (Å²) in [6.45, 7) is 0. The van der Waals surface area contributed by atoms with E-state index < -0.39 is 0 Å². The number of thiazole rings is 1. The number of nitrogens with one attached hydrogen (secondary N) is 1. The normalized spacial score (nSPS) is 10.9. The maximum atomic E-state index is 12.4. The summed E-state index contributed by atoms with van der Waals surface area (Å²) in [7, 11) is 0. The smallest absolute Gasteiger partial charge is 0.257 e. The Morgan fingerprint density at radius 2 is 2.08 bits per heavy atom. The van der Waals surface area contributed by atoms with Crippen molar-refractivity contribution < 1.29 is 4.79 Å². The van der Waals surface area contributed by atoms with Gasteiger partial charge in [-0.1, -0.05) is 34.3 Å². The van der Waals surface area contributed by atoms with Crippen LogP contribution in [0.1, 0.15) is 20.8 Å². The predicted octanol–water partition coefficient (Wildman–Crippen LogP) is 4.64. The average molecular weight is 387 g/mol. The molecule has 124 valence electrons. The summed E-state index contributed by atoms with van der Waals surface area (Å²) in [4.78, 5) is 17.7. The molecule has 25 heavy (non-hydrogen) atoms. The number of hydrogen-bond donors (Lipinski definition) is 1. The molecule has 0 bridgehead atoms. The van der Waals surface area contributed by atoms with Gasteiger partial charge in [0.1, 0.15) is 5.52 Å². The highest BCUT2D eigenvalue weighted by Gasteiger charge is 2.11. The van der Waals surface area contributed by atoms with E-state index in [0.29, 0.717) is 17.1 Å². The van der Waals surface area contributed by atoms with E-state index in [1.54, 1.807) is 24.4 Å².